The molecule has 2 N–H and O–H groups in total. The first kappa shape index (κ1) is 16.2. The molecule has 2 aliphatic rings. The normalized spacial score (nSPS) is 34.2. The number of rotatable bonds is 4. The molecule has 0 aromatic heterocycles. The number of aliphatic hydroxyl groups excluding tert-OH is 1. The third-order valence-electron chi connectivity index (χ3n) is 4.96. The molecule has 0 aromatic carbocycles. The first-order valence-electron chi connectivity index (χ1n) is 7.77. The standard InChI is InChI=1S/C14H28N2O3S/c1-12-3-7-14(11-17,8-4-12)15-20(18,19)16-9-5-13(2)6-10-16/h12-13,15,17H,3-11H2,1-2H3. The Morgan fingerprint density at radius 3 is 2.10 bits per heavy atom. The maximum absolute atomic E-state index is 12.5. The Morgan fingerprint density at radius 2 is 1.60 bits per heavy atom. The van der Waals surface area contributed by atoms with Gasteiger partial charge in [0.15, 0.2) is 0 Å². The Labute approximate surface area is 122 Å². The lowest BCUT2D eigenvalue weighted by atomic mass is 9.78. The number of hydrogen-bond acceptors (Lipinski definition) is 3. The van der Waals surface area contributed by atoms with E-state index < -0.39 is 15.7 Å². The van der Waals surface area contributed by atoms with Gasteiger partial charge in [0.2, 0.25) is 0 Å². The minimum Gasteiger partial charge on any atom is -0.394 e. The summed E-state index contributed by atoms with van der Waals surface area (Å²) in [6.45, 7) is 5.42. The molecule has 0 aromatic rings. The highest BCUT2D eigenvalue weighted by atomic mass is 32.2. The Bertz CT molecular complexity index is 408. The molecule has 0 unspecified atom stereocenters. The highest BCUT2D eigenvalue weighted by Crippen LogP contribution is 2.32. The van der Waals surface area contributed by atoms with Crippen LogP contribution in [0.25, 0.3) is 0 Å². The van der Waals surface area contributed by atoms with Gasteiger partial charge in [-0.1, -0.05) is 13.8 Å². The molecule has 118 valence electrons. The largest absolute Gasteiger partial charge is 0.394 e. The van der Waals surface area contributed by atoms with Crippen LogP contribution < -0.4 is 4.72 Å². The first-order valence-corrected chi connectivity index (χ1v) is 9.21. The molecule has 1 aliphatic carbocycles. The molecule has 0 radical (unpaired) electrons. The average Bonchev–Trinajstić information content (AvgIpc) is 2.42. The number of nitrogens with zero attached hydrogens (tertiary/aromatic N) is 1. The van der Waals surface area contributed by atoms with Crippen molar-refractivity contribution >= 4 is 10.2 Å². The van der Waals surface area contributed by atoms with Crippen LogP contribution in [-0.4, -0.2) is 43.1 Å². The lowest BCUT2D eigenvalue weighted by Gasteiger charge is -2.40. The van der Waals surface area contributed by atoms with Crippen molar-refractivity contribution in [2.45, 2.75) is 57.9 Å². The fourth-order valence-corrected chi connectivity index (χ4v) is 4.81. The van der Waals surface area contributed by atoms with Gasteiger partial charge in [0.25, 0.3) is 10.2 Å². The van der Waals surface area contributed by atoms with Gasteiger partial charge in [-0.15, -0.1) is 0 Å². The number of aliphatic hydroxyl groups is 1. The van der Waals surface area contributed by atoms with Gasteiger partial charge < -0.3 is 5.11 Å². The van der Waals surface area contributed by atoms with Gasteiger partial charge in [0.05, 0.1) is 12.1 Å². The van der Waals surface area contributed by atoms with Crippen LogP contribution in [0.4, 0.5) is 0 Å². The molecule has 20 heavy (non-hydrogen) atoms. The fourth-order valence-electron chi connectivity index (χ4n) is 3.17. The van der Waals surface area contributed by atoms with Gasteiger partial charge in [-0.05, 0) is 50.4 Å². The highest BCUT2D eigenvalue weighted by Gasteiger charge is 2.39. The van der Waals surface area contributed by atoms with E-state index >= 15 is 0 Å². The summed E-state index contributed by atoms with van der Waals surface area (Å²) in [7, 11) is -3.47. The number of hydrogen-bond donors (Lipinski definition) is 2. The molecule has 1 heterocycles. The quantitative estimate of drug-likeness (QED) is 0.827. The maximum Gasteiger partial charge on any atom is 0.280 e. The van der Waals surface area contributed by atoms with Crippen LogP contribution in [0.15, 0.2) is 0 Å². The summed E-state index contributed by atoms with van der Waals surface area (Å²) in [5.74, 6) is 1.22. The zero-order chi connectivity index (χ0) is 14.8. The summed E-state index contributed by atoms with van der Waals surface area (Å²) in [5, 5.41) is 9.69. The van der Waals surface area contributed by atoms with Gasteiger partial charge >= 0.3 is 0 Å². The minimum absolute atomic E-state index is 0.108. The second-order valence-electron chi connectivity index (χ2n) is 6.81. The van der Waals surface area contributed by atoms with Crippen molar-refractivity contribution in [2.75, 3.05) is 19.7 Å². The molecule has 2 fully saturated rings. The fraction of sp³-hybridized carbons (Fsp3) is 1.00. The van der Waals surface area contributed by atoms with Crippen molar-refractivity contribution in [3.05, 3.63) is 0 Å². The van der Waals surface area contributed by atoms with Gasteiger partial charge in [-0.25, -0.2) is 0 Å². The lowest BCUT2D eigenvalue weighted by Crippen LogP contribution is -2.57. The maximum atomic E-state index is 12.5. The van der Waals surface area contributed by atoms with Crippen LogP contribution in [0.1, 0.15) is 52.4 Å². The predicted octanol–water partition coefficient (Wildman–Crippen LogP) is 1.49. The Balaban J connectivity index is 2.02. The van der Waals surface area contributed by atoms with E-state index in [2.05, 4.69) is 18.6 Å². The third kappa shape index (κ3) is 3.72. The van der Waals surface area contributed by atoms with Crippen molar-refractivity contribution in [1.82, 2.24) is 9.03 Å². The van der Waals surface area contributed by atoms with Crippen molar-refractivity contribution in [3.8, 4) is 0 Å². The van der Waals surface area contributed by atoms with E-state index in [1.165, 1.54) is 0 Å². The molecule has 1 saturated heterocycles. The van der Waals surface area contributed by atoms with E-state index in [0.29, 0.717) is 24.9 Å². The van der Waals surface area contributed by atoms with E-state index in [-0.39, 0.29) is 6.61 Å². The van der Waals surface area contributed by atoms with Crippen molar-refractivity contribution in [3.63, 3.8) is 0 Å². The van der Waals surface area contributed by atoms with Crippen LogP contribution in [0.5, 0.6) is 0 Å². The van der Waals surface area contributed by atoms with Crippen LogP contribution in [0.3, 0.4) is 0 Å². The molecule has 0 amide bonds. The second-order valence-corrected chi connectivity index (χ2v) is 8.48. The van der Waals surface area contributed by atoms with Gasteiger partial charge in [0.1, 0.15) is 0 Å². The Kier molecular flexibility index (Phi) is 5.10. The smallest absolute Gasteiger partial charge is 0.280 e. The van der Waals surface area contributed by atoms with Crippen molar-refractivity contribution in [1.29, 1.82) is 0 Å². The first-order chi connectivity index (χ1) is 9.37. The molecule has 0 atom stereocenters. The summed E-state index contributed by atoms with van der Waals surface area (Å²) >= 11 is 0. The van der Waals surface area contributed by atoms with E-state index in [1.54, 1.807) is 4.31 Å². The monoisotopic (exact) mass is 304 g/mol. The minimum atomic E-state index is -3.47. The molecular weight excluding hydrogens is 276 g/mol. The summed E-state index contributed by atoms with van der Waals surface area (Å²) < 4.78 is 29.4. The Hall–Kier alpha value is -0.170. The molecule has 1 saturated carbocycles. The zero-order valence-electron chi connectivity index (χ0n) is 12.6. The number of nitrogens with one attached hydrogen (secondary N) is 1. The average molecular weight is 304 g/mol. The molecule has 0 spiro atoms. The van der Waals surface area contributed by atoms with E-state index in [9.17, 15) is 13.5 Å². The lowest BCUT2D eigenvalue weighted by molar-refractivity contribution is 0.122. The van der Waals surface area contributed by atoms with Gasteiger partial charge in [-0.2, -0.15) is 17.4 Å². The molecule has 2 rings (SSSR count). The third-order valence-corrected chi connectivity index (χ3v) is 6.70. The highest BCUT2D eigenvalue weighted by molar-refractivity contribution is 7.87. The summed E-state index contributed by atoms with van der Waals surface area (Å²) in [4.78, 5) is 0. The van der Waals surface area contributed by atoms with E-state index in [1.807, 2.05) is 0 Å². The van der Waals surface area contributed by atoms with Gasteiger partial charge in [0, 0.05) is 13.1 Å². The summed E-state index contributed by atoms with van der Waals surface area (Å²) in [6, 6.07) is 0. The topological polar surface area (TPSA) is 69.6 Å². The molecule has 6 heteroatoms. The molecule has 5 nitrogen and oxygen atoms in total. The molecule has 0 bridgehead atoms. The predicted molar refractivity (Wildman–Crippen MR) is 79.5 cm³/mol. The van der Waals surface area contributed by atoms with Crippen molar-refractivity contribution < 1.29 is 13.5 Å². The van der Waals surface area contributed by atoms with E-state index in [4.69, 9.17) is 0 Å². The Morgan fingerprint density at radius 1 is 1.10 bits per heavy atom. The second kappa shape index (κ2) is 6.30. The number of piperidine rings is 1. The van der Waals surface area contributed by atoms with Crippen molar-refractivity contribution in [2.24, 2.45) is 11.8 Å². The SMILES string of the molecule is CC1CCN(S(=O)(=O)NC2(CO)CCC(C)CC2)CC1. The molecule has 1 aliphatic heterocycles. The van der Waals surface area contributed by atoms with Gasteiger partial charge in [-0.3, -0.25) is 0 Å². The zero-order valence-corrected chi connectivity index (χ0v) is 13.5. The van der Waals surface area contributed by atoms with E-state index in [0.717, 1.165) is 38.5 Å². The van der Waals surface area contributed by atoms with Crippen LogP contribution in [-0.2, 0) is 10.2 Å². The summed E-state index contributed by atoms with van der Waals surface area (Å²) in [6.07, 6.45) is 5.25. The van der Waals surface area contributed by atoms with Crippen LogP contribution >= 0.6 is 0 Å². The molecular formula is C14H28N2O3S. The van der Waals surface area contributed by atoms with Crippen LogP contribution in [0.2, 0.25) is 0 Å². The van der Waals surface area contributed by atoms with Crippen LogP contribution in [0, 0.1) is 11.8 Å². The summed E-state index contributed by atoms with van der Waals surface area (Å²) in [5.41, 5.74) is -0.644.